The molecule has 1 fully saturated rings. The van der Waals surface area contributed by atoms with Crippen LogP contribution < -0.4 is 10.4 Å². The Morgan fingerprint density at radius 3 is 1.65 bits per heavy atom. The molecule has 0 radical (unpaired) electrons. The summed E-state index contributed by atoms with van der Waals surface area (Å²) in [7, 11) is -3.96. The third kappa shape index (κ3) is 6.87. The van der Waals surface area contributed by atoms with Crippen LogP contribution in [0.3, 0.4) is 0 Å². The van der Waals surface area contributed by atoms with Crippen LogP contribution in [0, 0.1) is 5.92 Å². The third-order valence-corrected chi connectivity index (χ3v) is 14.7. The van der Waals surface area contributed by atoms with Gasteiger partial charge in [-0.2, -0.15) is 9.78 Å². The number of hydrogen-bond donors (Lipinski definition) is 0. The molecule has 1 aliphatic carbocycles. The molecule has 0 N–H and O–H groups in total. The summed E-state index contributed by atoms with van der Waals surface area (Å²) in [6, 6.07) is 14.4. The van der Waals surface area contributed by atoms with Gasteiger partial charge in [-0.15, -0.1) is 26.3 Å². The number of rotatable bonds is 12. The SMILES string of the molecule is C=C[Si](C)(C=C)c1ccc(C(=O)OOC2CC(C)CCC2(C)OOC(=O)c2ccc([Si](C)(C=C)C=C)cc2)cc1. The van der Waals surface area contributed by atoms with Gasteiger partial charge in [0.1, 0.15) is 27.9 Å². The molecule has 6 nitrogen and oxygen atoms in total. The molecule has 2 aromatic rings. The maximum absolute atomic E-state index is 12.8. The minimum atomic E-state index is -1.98. The summed E-state index contributed by atoms with van der Waals surface area (Å²) >= 11 is 0. The van der Waals surface area contributed by atoms with Gasteiger partial charge in [-0.1, -0.05) is 77.5 Å². The van der Waals surface area contributed by atoms with E-state index >= 15 is 0 Å². The molecule has 3 unspecified atom stereocenters. The van der Waals surface area contributed by atoms with Crippen LogP contribution in [-0.2, 0) is 19.6 Å². The molecule has 8 heteroatoms. The predicted molar refractivity (Wildman–Crippen MR) is 164 cm³/mol. The Balaban J connectivity index is 1.64. The van der Waals surface area contributed by atoms with Crippen LogP contribution in [0.2, 0.25) is 13.1 Å². The second-order valence-electron chi connectivity index (χ2n) is 11.1. The van der Waals surface area contributed by atoms with Crippen molar-refractivity contribution >= 4 is 38.5 Å². The molecule has 0 bridgehead atoms. The molecule has 0 aromatic heterocycles. The summed E-state index contributed by atoms with van der Waals surface area (Å²) in [5, 5.41) is 2.18. The molecule has 40 heavy (non-hydrogen) atoms. The van der Waals surface area contributed by atoms with Crippen molar-refractivity contribution in [1.29, 1.82) is 0 Å². The smallest absolute Gasteiger partial charge is 0.292 e. The molecule has 3 rings (SSSR count). The molecular weight excluding hydrogens is 537 g/mol. The first kappa shape index (κ1) is 31.2. The van der Waals surface area contributed by atoms with E-state index in [-0.39, 0.29) is 0 Å². The van der Waals surface area contributed by atoms with Crippen LogP contribution in [0.5, 0.6) is 0 Å². The zero-order valence-electron chi connectivity index (χ0n) is 24.0. The Labute approximate surface area is 239 Å². The molecule has 3 atom stereocenters. The zero-order valence-corrected chi connectivity index (χ0v) is 26.0. The zero-order chi connectivity index (χ0) is 29.6. The fourth-order valence-electron chi connectivity index (χ4n) is 4.56. The van der Waals surface area contributed by atoms with Gasteiger partial charge in [-0.05, 0) is 56.4 Å². The molecule has 0 aliphatic heterocycles. The molecule has 2 aromatic carbocycles. The van der Waals surface area contributed by atoms with Crippen molar-refractivity contribution in [2.45, 2.75) is 57.9 Å². The first-order valence-corrected chi connectivity index (χ1v) is 18.8. The van der Waals surface area contributed by atoms with E-state index in [1.54, 1.807) is 31.2 Å². The van der Waals surface area contributed by atoms with Crippen molar-refractivity contribution in [3.8, 4) is 0 Å². The van der Waals surface area contributed by atoms with Crippen molar-refractivity contribution in [1.82, 2.24) is 0 Å². The van der Waals surface area contributed by atoms with Gasteiger partial charge >= 0.3 is 11.9 Å². The number of carbonyl (C=O) groups is 2. The second-order valence-corrected chi connectivity index (χ2v) is 19.1. The lowest BCUT2D eigenvalue weighted by Gasteiger charge is -2.39. The molecule has 0 saturated heterocycles. The third-order valence-electron chi connectivity index (χ3n) is 8.16. The van der Waals surface area contributed by atoms with E-state index in [1.165, 1.54) is 0 Å². The fraction of sp³-hybridized carbons (Fsp3) is 0.312. The Bertz CT molecular complexity index is 1240. The molecule has 0 spiro atoms. The second kappa shape index (κ2) is 12.9. The Kier molecular flexibility index (Phi) is 10.1. The van der Waals surface area contributed by atoms with Gasteiger partial charge < -0.3 is 0 Å². The first-order chi connectivity index (χ1) is 18.9. The van der Waals surface area contributed by atoms with Gasteiger partial charge in [0, 0.05) is 0 Å². The molecule has 1 aliphatic rings. The molecule has 1 saturated carbocycles. The highest BCUT2D eigenvalue weighted by Gasteiger charge is 2.45. The normalized spacial score (nSPS) is 21.1. The Morgan fingerprint density at radius 1 is 0.800 bits per heavy atom. The Hall–Kier alpha value is -3.31. The van der Waals surface area contributed by atoms with Crippen LogP contribution in [-0.4, -0.2) is 39.8 Å². The maximum atomic E-state index is 12.8. The lowest BCUT2D eigenvalue weighted by atomic mass is 9.78. The standard InChI is InChI=1S/C32H40O6Si2/c1-9-39(7,10-2)27-17-13-25(14-18-27)30(33)36-35-29-23-24(5)21-22-32(29,6)38-37-31(34)26-15-19-28(20-16-26)40(8,11-3)12-4/h9-20,24,29H,1-4,21-23H2,5-8H3. The van der Waals surface area contributed by atoms with Crippen molar-refractivity contribution in [3.05, 3.63) is 109 Å². The predicted octanol–water partition coefficient (Wildman–Crippen LogP) is 5.98. The number of hydrogen-bond acceptors (Lipinski definition) is 6. The summed E-state index contributed by atoms with van der Waals surface area (Å²) in [5.74, 6) is -0.909. The van der Waals surface area contributed by atoms with E-state index in [9.17, 15) is 9.59 Å². The highest BCUT2D eigenvalue weighted by molar-refractivity contribution is 6.99. The van der Waals surface area contributed by atoms with Gasteiger partial charge in [0.05, 0.1) is 11.1 Å². The van der Waals surface area contributed by atoms with E-state index in [4.69, 9.17) is 19.6 Å². The molecule has 0 amide bonds. The van der Waals surface area contributed by atoms with E-state index < -0.39 is 39.8 Å². The number of benzene rings is 2. The fourth-order valence-corrected chi connectivity index (χ4v) is 7.61. The molecule has 212 valence electrons. The van der Waals surface area contributed by atoms with Crippen LogP contribution in [0.15, 0.2) is 97.6 Å². The van der Waals surface area contributed by atoms with Crippen LogP contribution in [0.4, 0.5) is 0 Å². The van der Waals surface area contributed by atoms with Crippen molar-refractivity contribution < 1.29 is 29.1 Å². The minimum absolute atomic E-state index is 0.316. The van der Waals surface area contributed by atoms with Crippen LogP contribution in [0.25, 0.3) is 0 Å². The number of carbonyl (C=O) groups excluding carboxylic acids is 2. The van der Waals surface area contributed by atoms with E-state index in [0.717, 1.165) is 16.8 Å². The first-order valence-electron chi connectivity index (χ1n) is 13.5. The van der Waals surface area contributed by atoms with Gasteiger partial charge in [0.15, 0.2) is 0 Å². The lowest BCUT2D eigenvalue weighted by molar-refractivity contribution is -0.388. The van der Waals surface area contributed by atoms with Crippen LogP contribution in [0.1, 0.15) is 53.8 Å². The quantitative estimate of drug-likeness (QED) is 0.176. The maximum Gasteiger partial charge on any atom is 0.373 e. The monoisotopic (exact) mass is 576 g/mol. The van der Waals surface area contributed by atoms with Crippen LogP contribution >= 0.6 is 0 Å². The van der Waals surface area contributed by atoms with Crippen molar-refractivity contribution in [2.75, 3.05) is 0 Å². The van der Waals surface area contributed by atoms with Crippen molar-refractivity contribution in [3.63, 3.8) is 0 Å². The summed E-state index contributed by atoms with van der Waals surface area (Å²) in [6.45, 7) is 23.9. The van der Waals surface area contributed by atoms with Crippen molar-refractivity contribution in [2.24, 2.45) is 5.92 Å². The topological polar surface area (TPSA) is 71.1 Å². The van der Waals surface area contributed by atoms with E-state index in [1.807, 2.05) is 47.1 Å². The summed E-state index contributed by atoms with van der Waals surface area (Å²) < 4.78 is 0. The van der Waals surface area contributed by atoms with E-state index in [2.05, 4.69) is 46.3 Å². The van der Waals surface area contributed by atoms with Gasteiger partial charge in [0.25, 0.3) is 0 Å². The molecule has 0 heterocycles. The average molecular weight is 577 g/mol. The highest BCUT2D eigenvalue weighted by atomic mass is 28.3. The Morgan fingerprint density at radius 2 is 1.23 bits per heavy atom. The van der Waals surface area contributed by atoms with Gasteiger partial charge in [-0.3, -0.25) is 9.78 Å². The highest BCUT2D eigenvalue weighted by Crippen LogP contribution is 2.37. The van der Waals surface area contributed by atoms with Gasteiger partial charge in [0.2, 0.25) is 0 Å². The van der Waals surface area contributed by atoms with E-state index in [0.29, 0.717) is 29.9 Å². The lowest BCUT2D eigenvalue weighted by Crippen LogP contribution is -2.48. The molecular formula is C32H40O6Si2. The largest absolute Gasteiger partial charge is 0.373 e. The summed E-state index contributed by atoms with van der Waals surface area (Å²) in [6.07, 6.45) is 1.36. The summed E-state index contributed by atoms with van der Waals surface area (Å²) in [4.78, 5) is 47.4. The minimum Gasteiger partial charge on any atom is -0.292 e. The average Bonchev–Trinajstić information content (AvgIpc) is 2.99. The summed E-state index contributed by atoms with van der Waals surface area (Å²) in [5.41, 5.74) is 7.48. The van der Waals surface area contributed by atoms with Gasteiger partial charge in [-0.25, -0.2) is 9.59 Å².